The number of methoxy groups -OCH3 is 1. The Labute approximate surface area is 244 Å². The first-order chi connectivity index (χ1) is 19.8. The summed E-state index contributed by atoms with van der Waals surface area (Å²) in [6.07, 6.45) is 0. The molecule has 0 bridgehead atoms. The van der Waals surface area contributed by atoms with Crippen LogP contribution in [0, 0.1) is 20.8 Å². The highest BCUT2D eigenvalue weighted by Crippen LogP contribution is 2.36. The second-order valence-corrected chi connectivity index (χ2v) is 11.7. The van der Waals surface area contributed by atoms with Crippen LogP contribution < -0.4 is 19.5 Å². The zero-order valence-corrected chi connectivity index (χ0v) is 24.9. The molecule has 0 saturated heterocycles. The Bertz CT molecular complexity index is 1780. The SMILES string of the molecule is COc1ccccc1C(=O)Nc1ccc(Oc2c(C)c(C(=O)O)nn2-c2cc(C)ccc2C)c(S(=O)(=O)NC(C)C)c1. The molecule has 220 valence electrons. The molecule has 0 radical (unpaired) electrons. The molecule has 1 heterocycles. The third-order valence-electron chi connectivity index (χ3n) is 6.30. The van der Waals surface area contributed by atoms with E-state index in [0.29, 0.717) is 11.4 Å². The monoisotopic (exact) mass is 592 g/mol. The van der Waals surface area contributed by atoms with Gasteiger partial charge >= 0.3 is 5.97 Å². The molecule has 1 aromatic heterocycles. The standard InChI is InChI=1S/C30H32N4O7S/c1-17(2)33-42(38,39)26-16-21(31-28(35)22-9-7-8-10-24(22)40-6)13-14-25(26)41-29-20(5)27(30(36)37)32-34(29)23-15-18(3)11-12-19(23)4/h7-17,33H,1-6H3,(H,31,35)(H,36,37). The Balaban J connectivity index is 1.84. The minimum atomic E-state index is -4.16. The number of amides is 1. The maximum atomic E-state index is 13.5. The molecule has 0 spiro atoms. The van der Waals surface area contributed by atoms with E-state index in [0.717, 1.165) is 11.1 Å². The number of nitrogens with zero attached hydrogens (tertiary/aromatic N) is 2. The van der Waals surface area contributed by atoms with Gasteiger partial charge in [-0.05, 0) is 82.1 Å². The number of anilines is 1. The highest BCUT2D eigenvalue weighted by atomic mass is 32.2. The van der Waals surface area contributed by atoms with E-state index in [1.165, 1.54) is 36.9 Å². The summed E-state index contributed by atoms with van der Waals surface area (Å²) in [4.78, 5) is 24.8. The summed E-state index contributed by atoms with van der Waals surface area (Å²) in [5.74, 6) is -1.46. The van der Waals surface area contributed by atoms with Gasteiger partial charge in [-0.3, -0.25) is 4.79 Å². The van der Waals surface area contributed by atoms with Crippen molar-refractivity contribution in [2.24, 2.45) is 0 Å². The van der Waals surface area contributed by atoms with Gasteiger partial charge in [-0.1, -0.05) is 24.3 Å². The number of carboxylic acid groups (broad SMARTS) is 1. The van der Waals surface area contributed by atoms with Gasteiger partial charge in [0.1, 0.15) is 16.4 Å². The largest absolute Gasteiger partial charge is 0.496 e. The summed E-state index contributed by atoms with van der Waals surface area (Å²) in [6.45, 7) is 8.61. The number of carboxylic acids is 1. The molecule has 42 heavy (non-hydrogen) atoms. The number of rotatable bonds is 10. The molecule has 12 heteroatoms. The topological polar surface area (TPSA) is 149 Å². The number of sulfonamides is 1. The van der Waals surface area contributed by atoms with Gasteiger partial charge in [-0.25, -0.2) is 17.9 Å². The Kier molecular flexibility index (Phi) is 8.69. The zero-order valence-electron chi connectivity index (χ0n) is 24.1. The van der Waals surface area contributed by atoms with E-state index in [9.17, 15) is 23.1 Å². The van der Waals surface area contributed by atoms with Gasteiger partial charge < -0.3 is 19.9 Å². The van der Waals surface area contributed by atoms with Crippen LogP contribution in [0.25, 0.3) is 5.69 Å². The molecular weight excluding hydrogens is 560 g/mol. The molecule has 4 aromatic rings. The maximum Gasteiger partial charge on any atom is 0.356 e. The zero-order chi connectivity index (χ0) is 30.8. The van der Waals surface area contributed by atoms with Crippen LogP contribution in [0.2, 0.25) is 0 Å². The minimum Gasteiger partial charge on any atom is -0.496 e. The van der Waals surface area contributed by atoms with E-state index in [4.69, 9.17) is 9.47 Å². The summed E-state index contributed by atoms with van der Waals surface area (Å²) < 4.78 is 42.3. The molecule has 4 rings (SSSR count). The van der Waals surface area contributed by atoms with E-state index >= 15 is 0 Å². The molecule has 3 N–H and O–H groups in total. The fourth-order valence-corrected chi connectivity index (χ4v) is 5.71. The summed E-state index contributed by atoms with van der Waals surface area (Å²) in [5, 5.41) is 16.8. The van der Waals surface area contributed by atoms with Crippen LogP contribution in [0.3, 0.4) is 0 Å². The Morgan fingerprint density at radius 2 is 1.69 bits per heavy atom. The van der Waals surface area contributed by atoms with Crippen LogP contribution in [-0.2, 0) is 10.0 Å². The van der Waals surface area contributed by atoms with Crippen LogP contribution in [0.5, 0.6) is 17.4 Å². The number of hydrogen-bond acceptors (Lipinski definition) is 7. The number of hydrogen-bond donors (Lipinski definition) is 3. The number of benzene rings is 3. The lowest BCUT2D eigenvalue weighted by Gasteiger charge is -2.17. The molecule has 0 unspecified atom stereocenters. The molecule has 0 fully saturated rings. The van der Waals surface area contributed by atoms with E-state index in [1.54, 1.807) is 38.1 Å². The van der Waals surface area contributed by atoms with Crippen molar-refractivity contribution in [2.75, 3.05) is 12.4 Å². The van der Waals surface area contributed by atoms with Gasteiger partial charge in [0.05, 0.1) is 18.4 Å². The molecule has 0 aliphatic heterocycles. The highest BCUT2D eigenvalue weighted by Gasteiger charge is 2.27. The van der Waals surface area contributed by atoms with Gasteiger partial charge in [-0.15, -0.1) is 0 Å². The predicted octanol–water partition coefficient (Wildman–Crippen LogP) is 5.24. The van der Waals surface area contributed by atoms with Gasteiger partial charge in [0.2, 0.25) is 15.9 Å². The van der Waals surface area contributed by atoms with Crippen LogP contribution >= 0.6 is 0 Å². The molecule has 3 aromatic carbocycles. The number of ether oxygens (including phenoxy) is 2. The van der Waals surface area contributed by atoms with Gasteiger partial charge in [0, 0.05) is 17.3 Å². The minimum absolute atomic E-state index is 0.0351. The predicted molar refractivity (Wildman–Crippen MR) is 158 cm³/mol. The summed E-state index contributed by atoms with van der Waals surface area (Å²) in [5.41, 5.74) is 2.70. The van der Waals surface area contributed by atoms with Crippen molar-refractivity contribution in [3.8, 4) is 23.1 Å². The van der Waals surface area contributed by atoms with Crippen LogP contribution in [0.1, 0.15) is 51.4 Å². The molecule has 0 atom stereocenters. The molecule has 0 saturated carbocycles. The second kappa shape index (κ2) is 12.0. The fraction of sp³-hybridized carbons (Fsp3) is 0.233. The quantitative estimate of drug-likeness (QED) is 0.227. The number of carbonyl (C=O) groups excluding carboxylic acids is 1. The number of aromatic carboxylic acids is 1. The molecule has 1 amide bonds. The van der Waals surface area contributed by atoms with E-state index < -0.39 is 27.9 Å². The summed E-state index contributed by atoms with van der Waals surface area (Å²) >= 11 is 0. The number of carbonyl (C=O) groups is 2. The number of aromatic nitrogens is 2. The lowest BCUT2D eigenvalue weighted by atomic mass is 10.1. The molecule has 0 aliphatic rings. The molecule has 11 nitrogen and oxygen atoms in total. The Morgan fingerprint density at radius 1 is 0.976 bits per heavy atom. The maximum absolute atomic E-state index is 13.5. The normalized spacial score (nSPS) is 11.4. The van der Waals surface area contributed by atoms with Gasteiger partial charge in [-0.2, -0.15) is 9.78 Å². The van der Waals surface area contributed by atoms with Crippen molar-refractivity contribution < 1.29 is 32.6 Å². The Hall–Kier alpha value is -4.68. The highest BCUT2D eigenvalue weighted by molar-refractivity contribution is 7.89. The smallest absolute Gasteiger partial charge is 0.356 e. The van der Waals surface area contributed by atoms with Crippen molar-refractivity contribution in [3.05, 3.63) is 88.6 Å². The van der Waals surface area contributed by atoms with Crippen LogP contribution in [-0.4, -0.2) is 48.3 Å². The van der Waals surface area contributed by atoms with Gasteiger partial charge in [0.25, 0.3) is 5.91 Å². The molecule has 0 aliphatic carbocycles. The Morgan fingerprint density at radius 3 is 2.36 bits per heavy atom. The van der Waals surface area contributed by atoms with Crippen LogP contribution in [0.15, 0.2) is 65.6 Å². The first-order valence-electron chi connectivity index (χ1n) is 13.0. The second-order valence-electron chi connectivity index (χ2n) is 9.98. The van der Waals surface area contributed by atoms with Crippen LogP contribution in [0.4, 0.5) is 5.69 Å². The average molecular weight is 593 g/mol. The third-order valence-corrected chi connectivity index (χ3v) is 7.98. The van der Waals surface area contributed by atoms with Gasteiger partial charge in [0.15, 0.2) is 5.69 Å². The first kappa shape index (κ1) is 30.3. The first-order valence-corrected chi connectivity index (χ1v) is 14.5. The van der Waals surface area contributed by atoms with Crippen molar-refractivity contribution in [2.45, 2.75) is 45.6 Å². The number of aryl methyl sites for hydroxylation is 2. The molecular formula is C30H32N4O7S. The van der Waals surface area contributed by atoms with E-state index in [-0.39, 0.29) is 39.0 Å². The average Bonchev–Trinajstić information content (AvgIpc) is 3.25. The van der Waals surface area contributed by atoms with Crippen molar-refractivity contribution in [3.63, 3.8) is 0 Å². The van der Waals surface area contributed by atoms with Crippen molar-refractivity contribution in [1.82, 2.24) is 14.5 Å². The van der Waals surface area contributed by atoms with Crippen molar-refractivity contribution in [1.29, 1.82) is 0 Å². The third kappa shape index (κ3) is 6.29. The van der Waals surface area contributed by atoms with E-state index in [1.807, 2.05) is 32.0 Å². The summed E-state index contributed by atoms with van der Waals surface area (Å²) in [7, 11) is -2.71. The summed E-state index contributed by atoms with van der Waals surface area (Å²) in [6, 6.07) is 16.0. The fourth-order valence-electron chi connectivity index (χ4n) is 4.30. The lowest BCUT2D eigenvalue weighted by molar-refractivity contribution is 0.0689. The van der Waals surface area contributed by atoms with E-state index in [2.05, 4.69) is 15.1 Å². The lowest BCUT2D eigenvalue weighted by Crippen LogP contribution is -2.30. The number of para-hydroxylation sites is 1. The van der Waals surface area contributed by atoms with Crippen molar-refractivity contribution >= 4 is 27.6 Å². The number of nitrogens with one attached hydrogen (secondary N) is 2.